The van der Waals surface area contributed by atoms with E-state index >= 15 is 0 Å². The fourth-order valence-corrected chi connectivity index (χ4v) is 1.82. The van der Waals surface area contributed by atoms with E-state index in [0.717, 1.165) is 0 Å². The van der Waals surface area contributed by atoms with Crippen LogP contribution in [0.3, 0.4) is 0 Å². The number of carboxylic acids is 1. The minimum Gasteiger partial charge on any atom is -0.497 e. The Morgan fingerprint density at radius 3 is 2.14 bits per heavy atom. The molecular formula is C16H23NO4. The van der Waals surface area contributed by atoms with Crippen LogP contribution in [0.15, 0.2) is 24.3 Å². The Balaban J connectivity index is 3.11. The molecule has 1 aromatic rings. The van der Waals surface area contributed by atoms with Gasteiger partial charge in [-0.3, -0.25) is 9.59 Å². The summed E-state index contributed by atoms with van der Waals surface area (Å²) in [6.07, 6.45) is 0. The van der Waals surface area contributed by atoms with E-state index in [0.29, 0.717) is 11.4 Å². The van der Waals surface area contributed by atoms with Gasteiger partial charge in [0.15, 0.2) is 0 Å². The molecule has 1 N–H and O–H groups in total. The van der Waals surface area contributed by atoms with Gasteiger partial charge in [-0.15, -0.1) is 0 Å². The third kappa shape index (κ3) is 4.48. The highest BCUT2D eigenvalue weighted by Crippen LogP contribution is 2.26. The van der Waals surface area contributed by atoms with Crippen LogP contribution < -0.4 is 9.64 Å². The van der Waals surface area contributed by atoms with Crippen LogP contribution in [0.25, 0.3) is 0 Å². The molecule has 0 spiro atoms. The van der Waals surface area contributed by atoms with E-state index in [4.69, 9.17) is 9.84 Å². The second-order valence-corrected chi connectivity index (χ2v) is 6.10. The third-order valence-corrected chi connectivity index (χ3v) is 3.15. The van der Waals surface area contributed by atoms with E-state index in [1.807, 2.05) is 20.8 Å². The van der Waals surface area contributed by atoms with Crippen LogP contribution >= 0.6 is 0 Å². The predicted octanol–water partition coefficient (Wildman–Crippen LogP) is 2.80. The summed E-state index contributed by atoms with van der Waals surface area (Å²) in [5.74, 6) is -0.984. The normalized spacial score (nSPS) is 12.6. The number of hydrogen-bond donors (Lipinski definition) is 1. The maximum atomic E-state index is 12.6. The van der Waals surface area contributed by atoms with Gasteiger partial charge in [-0.1, -0.05) is 27.7 Å². The minimum atomic E-state index is -0.921. The van der Waals surface area contributed by atoms with Gasteiger partial charge >= 0.3 is 5.97 Å². The molecule has 5 nitrogen and oxygen atoms in total. The van der Waals surface area contributed by atoms with Crippen molar-refractivity contribution < 1.29 is 19.4 Å². The first kappa shape index (κ1) is 17.0. The largest absolute Gasteiger partial charge is 0.497 e. The van der Waals surface area contributed by atoms with Crippen molar-refractivity contribution >= 4 is 17.6 Å². The molecule has 0 saturated heterocycles. The Morgan fingerprint density at radius 2 is 1.76 bits per heavy atom. The van der Waals surface area contributed by atoms with Gasteiger partial charge in [0.2, 0.25) is 5.91 Å². The minimum absolute atomic E-state index is 0.110. The Hall–Kier alpha value is -2.04. The molecule has 116 valence electrons. The van der Waals surface area contributed by atoms with E-state index < -0.39 is 17.3 Å². The van der Waals surface area contributed by atoms with Crippen molar-refractivity contribution in [2.75, 3.05) is 18.6 Å². The van der Waals surface area contributed by atoms with Gasteiger partial charge in [-0.2, -0.15) is 0 Å². The Bertz CT molecular complexity index is 502. The molecule has 1 atom stereocenters. The molecule has 21 heavy (non-hydrogen) atoms. The second kappa shape index (κ2) is 6.61. The lowest BCUT2D eigenvalue weighted by Crippen LogP contribution is -2.43. The van der Waals surface area contributed by atoms with Gasteiger partial charge in [-0.25, -0.2) is 0 Å². The topological polar surface area (TPSA) is 66.8 Å². The van der Waals surface area contributed by atoms with Crippen LogP contribution in [-0.2, 0) is 9.59 Å². The summed E-state index contributed by atoms with van der Waals surface area (Å²) in [7, 11) is 1.57. The lowest BCUT2D eigenvalue weighted by atomic mass is 9.93. The molecule has 0 saturated carbocycles. The molecule has 0 aliphatic heterocycles. The van der Waals surface area contributed by atoms with Crippen LogP contribution in [0, 0.1) is 11.3 Å². The van der Waals surface area contributed by atoms with Crippen LogP contribution in [0.5, 0.6) is 5.75 Å². The lowest BCUT2D eigenvalue weighted by Gasteiger charge is -2.31. The zero-order valence-corrected chi connectivity index (χ0v) is 13.2. The Morgan fingerprint density at radius 1 is 1.24 bits per heavy atom. The van der Waals surface area contributed by atoms with Gasteiger partial charge in [-0.05, 0) is 24.3 Å². The SMILES string of the molecule is COc1ccc(N(CC(C)C(=O)O)C(=O)C(C)(C)C)cc1. The zero-order chi connectivity index (χ0) is 16.2. The highest BCUT2D eigenvalue weighted by molar-refractivity contribution is 5.97. The standard InChI is InChI=1S/C16H23NO4/c1-11(14(18)19)10-17(15(20)16(2,3)4)12-6-8-13(21-5)9-7-12/h6-9,11H,10H2,1-5H3,(H,18,19). The first-order valence-corrected chi connectivity index (χ1v) is 6.85. The first-order chi connectivity index (χ1) is 9.66. The number of rotatable bonds is 5. The molecule has 0 radical (unpaired) electrons. The van der Waals surface area contributed by atoms with Crippen LogP contribution in [0.2, 0.25) is 0 Å². The number of nitrogens with zero attached hydrogens (tertiary/aromatic N) is 1. The van der Waals surface area contributed by atoms with Crippen molar-refractivity contribution in [3.8, 4) is 5.75 Å². The van der Waals surface area contributed by atoms with Crippen molar-refractivity contribution in [1.82, 2.24) is 0 Å². The summed E-state index contributed by atoms with van der Waals surface area (Å²) in [5.41, 5.74) is 0.0850. The van der Waals surface area contributed by atoms with Gasteiger partial charge in [0.25, 0.3) is 0 Å². The van der Waals surface area contributed by atoms with Gasteiger partial charge in [0.1, 0.15) is 5.75 Å². The quantitative estimate of drug-likeness (QED) is 0.906. The number of carboxylic acid groups (broad SMARTS) is 1. The van der Waals surface area contributed by atoms with E-state index in [-0.39, 0.29) is 12.5 Å². The molecule has 5 heteroatoms. The van der Waals surface area contributed by atoms with Crippen molar-refractivity contribution in [2.45, 2.75) is 27.7 Å². The smallest absolute Gasteiger partial charge is 0.308 e. The molecule has 0 aromatic heterocycles. The molecule has 1 aromatic carbocycles. The highest BCUT2D eigenvalue weighted by Gasteiger charge is 2.30. The molecule has 1 unspecified atom stereocenters. The van der Waals surface area contributed by atoms with Crippen molar-refractivity contribution in [3.05, 3.63) is 24.3 Å². The third-order valence-electron chi connectivity index (χ3n) is 3.15. The molecule has 0 aliphatic rings. The molecule has 0 fully saturated rings. The van der Waals surface area contributed by atoms with Gasteiger partial charge in [0.05, 0.1) is 13.0 Å². The van der Waals surface area contributed by atoms with Crippen LogP contribution in [0.4, 0.5) is 5.69 Å². The fraction of sp³-hybridized carbons (Fsp3) is 0.500. The first-order valence-electron chi connectivity index (χ1n) is 6.85. The Labute approximate surface area is 125 Å². The van der Waals surface area contributed by atoms with E-state index in [1.165, 1.54) is 4.90 Å². The molecular weight excluding hydrogens is 270 g/mol. The average molecular weight is 293 g/mol. The van der Waals surface area contributed by atoms with E-state index in [9.17, 15) is 9.59 Å². The number of ether oxygens (including phenoxy) is 1. The van der Waals surface area contributed by atoms with Crippen molar-refractivity contribution in [1.29, 1.82) is 0 Å². The summed E-state index contributed by atoms with van der Waals surface area (Å²) in [5, 5.41) is 9.09. The number of benzene rings is 1. The number of carbonyl (C=O) groups is 2. The van der Waals surface area contributed by atoms with Gasteiger partial charge < -0.3 is 14.7 Å². The number of amides is 1. The average Bonchev–Trinajstić information content (AvgIpc) is 2.42. The summed E-state index contributed by atoms with van der Waals surface area (Å²) >= 11 is 0. The number of aliphatic carboxylic acids is 1. The van der Waals surface area contributed by atoms with Crippen LogP contribution in [-0.4, -0.2) is 30.6 Å². The molecule has 1 rings (SSSR count). The van der Waals surface area contributed by atoms with E-state index in [1.54, 1.807) is 38.3 Å². The maximum Gasteiger partial charge on any atom is 0.308 e. The number of carbonyl (C=O) groups excluding carboxylic acids is 1. The van der Waals surface area contributed by atoms with Crippen molar-refractivity contribution in [2.24, 2.45) is 11.3 Å². The second-order valence-electron chi connectivity index (χ2n) is 6.10. The predicted molar refractivity (Wildman–Crippen MR) is 81.6 cm³/mol. The number of hydrogen-bond acceptors (Lipinski definition) is 3. The Kier molecular flexibility index (Phi) is 5.35. The monoisotopic (exact) mass is 293 g/mol. The summed E-state index contributed by atoms with van der Waals surface area (Å²) in [4.78, 5) is 25.2. The lowest BCUT2D eigenvalue weighted by molar-refractivity contribution is -0.140. The van der Waals surface area contributed by atoms with Gasteiger partial charge in [0, 0.05) is 17.6 Å². The fourth-order valence-electron chi connectivity index (χ4n) is 1.82. The summed E-state index contributed by atoms with van der Waals surface area (Å²) < 4.78 is 5.10. The van der Waals surface area contributed by atoms with Crippen LogP contribution in [0.1, 0.15) is 27.7 Å². The molecule has 0 bridgehead atoms. The van der Waals surface area contributed by atoms with E-state index in [2.05, 4.69) is 0 Å². The number of methoxy groups -OCH3 is 1. The molecule has 0 aliphatic carbocycles. The highest BCUT2D eigenvalue weighted by atomic mass is 16.5. The maximum absolute atomic E-state index is 12.6. The molecule has 1 amide bonds. The molecule has 0 heterocycles. The zero-order valence-electron chi connectivity index (χ0n) is 13.2. The van der Waals surface area contributed by atoms with Crippen molar-refractivity contribution in [3.63, 3.8) is 0 Å². The number of anilines is 1. The summed E-state index contributed by atoms with van der Waals surface area (Å²) in [6.45, 7) is 7.18. The summed E-state index contributed by atoms with van der Waals surface area (Å²) in [6, 6.07) is 7.03.